The number of aryl methyl sites for hydroxylation is 1. The number of ether oxygens (including phenoxy) is 1. The van der Waals surface area contributed by atoms with Crippen molar-refractivity contribution in [1.82, 2.24) is 5.32 Å². The Kier molecular flexibility index (Phi) is 3.27. The molecule has 1 fully saturated rings. The average Bonchev–Trinajstić information content (AvgIpc) is 2.73. The van der Waals surface area contributed by atoms with Crippen molar-refractivity contribution in [3.63, 3.8) is 0 Å². The normalized spacial score (nSPS) is 20.5. The van der Waals surface area contributed by atoms with Gasteiger partial charge < -0.3 is 10.1 Å². The minimum Gasteiger partial charge on any atom is -0.492 e. The topological polar surface area (TPSA) is 21.3 Å². The molecule has 1 aliphatic heterocycles. The molecule has 1 aromatic carbocycles. The molecule has 1 aliphatic rings. The molecule has 0 spiro atoms. The first-order chi connectivity index (χ1) is 7.27. The van der Waals surface area contributed by atoms with Crippen molar-refractivity contribution >= 4 is 0 Å². The van der Waals surface area contributed by atoms with Gasteiger partial charge >= 0.3 is 0 Å². The summed E-state index contributed by atoms with van der Waals surface area (Å²) >= 11 is 0. The molecule has 0 radical (unpaired) electrons. The van der Waals surface area contributed by atoms with Crippen LogP contribution in [0.3, 0.4) is 0 Å². The van der Waals surface area contributed by atoms with Gasteiger partial charge in [0.1, 0.15) is 12.4 Å². The number of hydrogen-bond donors (Lipinski definition) is 1. The highest BCUT2D eigenvalue weighted by molar-refractivity contribution is 5.38. The first-order valence-electron chi connectivity index (χ1n) is 5.70. The molecule has 2 rings (SSSR count). The fourth-order valence-corrected chi connectivity index (χ4v) is 1.97. The summed E-state index contributed by atoms with van der Waals surface area (Å²) in [4.78, 5) is 0. The predicted octanol–water partition coefficient (Wildman–Crippen LogP) is 2.43. The zero-order valence-corrected chi connectivity index (χ0v) is 9.55. The average molecular weight is 205 g/mol. The molecule has 1 saturated heterocycles. The van der Waals surface area contributed by atoms with Crippen LogP contribution in [0.1, 0.15) is 24.0 Å². The van der Waals surface area contributed by atoms with Crippen molar-refractivity contribution in [2.75, 3.05) is 13.2 Å². The summed E-state index contributed by atoms with van der Waals surface area (Å²) in [6, 6.07) is 6.78. The van der Waals surface area contributed by atoms with Crippen molar-refractivity contribution in [3.8, 4) is 5.75 Å². The van der Waals surface area contributed by atoms with E-state index in [2.05, 4.69) is 37.4 Å². The van der Waals surface area contributed by atoms with Gasteiger partial charge in [0.05, 0.1) is 0 Å². The van der Waals surface area contributed by atoms with Gasteiger partial charge in [-0.2, -0.15) is 0 Å². The van der Waals surface area contributed by atoms with E-state index >= 15 is 0 Å². The highest BCUT2D eigenvalue weighted by Crippen LogP contribution is 2.21. The van der Waals surface area contributed by atoms with Gasteiger partial charge in [0.15, 0.2) is 0 Å². The van der Waals surface area contributed by atoms with Gasteiger partial charge in [-0.05, 0) is 50.4 Å². The third kappa shape index (κ3) is 2.51. The SMILES string of the molecule is Cc1cccc(OC[C@@H]2CCCN2)c1C. The highest BCUT2D eigenvalue weighted by Gasteiger charge is 2.14. The molecular formula is C13H19NO. The molecule has 1 heterocycles. The highest BCUT2D eigenvalue weighted by atomic mass is 16.5. The van der Waals surface area contributed by atoms with Gasteiger partial charge in [-0.15, -0.1) is 0 Å². The van der Waals surface area contributed by atoms with Crippen molar-refractivity contribution in [1.29, 1.82) is 0 Å². The van der Waals surface area contributed by atoms with Crippen LogP contribution in [-0.2, 0) is 0 Å². The standard InChI is InChI=1S/C13H19NO/c1-10-5-3-7-13(11(10)2)15-9-12-6-4-8-14-12/h3,5,7,12,14H,4,6,8-9H2,1-2H3/t12-/m0/s1. The van der Waals surface area contributed by atoms with Crippen molar-refractivity contribution in [2.45, 2.75) is 32.7 Å². The van der Waals surface area contributed by atoms with Crippen LogP contribution < -0.4 is 10.1 Å². The van der Waals surface area contributed by atoms with Crippen LogP contribution in [0.2, 0.25) is 0 Å². The van der Waals surface area contributed by atoms with Gasteiger partial charge in [0.25, 0.3) is 0 Å². The van der Waals surface area contributed by atoms with E-state index in [0.29, 0.717) is 6.04 Å². The molecule has 0 amide bonds. The number of benzene rings is 1. The largest absolute Gasteiger partial charge is 0.492 e. The third-order valence-electron chi connectivity index (χ3n) is 3.16. The van der Waals surface area contributed by atoms with E-state index in [9.17, 15) is 0 Å². The maximum Gasteiger partial charge on any atom is 0.122 e. The maximum absolute atomic E-state index is 5.84. The second-order valence-electron chi connectivity index (χ2n) is 4.30. The van der Waals surface area contributed by atoms with E-state index < -0.39 is 0 Å². The molecule has 2 heteroatoms. The Labute approximate surface area is 91.6 Å². The van der Waals surface area contributed by atoms with E-state index in [0.717, 1.165) is 18.9 Å². The fourth-order valence-electron chi connectivity index (χ4n) is 1.97. The van der Waals surface area contributed by atoms with Crippen molar-refractivity contribution < 1.29 is 4.74 Å². The van der Waals surface area contributed by atoms with E-state index in [1.165, 1.54) is 24.0 Å². The predicted molar refractivity (Wildman–Crippen MR) is 62.4 cm³/mol. The maximum atomic E-state index is 5.84. The lowest BCUT2D eigenvalue weighted by atomic mass is 10.1. The summed E-state index contributed by atoms with van der Waals surface area (Å²) in [7, 11) is 0. The molecule has 0 unspecified atom stereocenters. The Hall–Kier alpha value is -1.02. The summed E-state index contributed by atoms with van der Waals surface area (Å²) in [6.45, 7) is 6.17. The van der Waals surface area contributed by atoms with Gasteiger partial charge in [0, 0.05) is 6.04 Å². The monoisotopic (exact) mass is 205 g/mol. The van der Waals surface area contributed by atoms with Gasteiger partial charge in [0.2, 0.25) is 0 Å². The van der Waals surface area contributed by atoms with Gasteiger partial charge in [-0.25, -0.2) is 0 Å². The van der Waals surface area contributed by atoms with E-state index in [4.69, 9.17) is 4.74 Å². The van der Waals surface area contributed by atoms with E-state index in [1.807, 2.05) is 0 Å². The summed E-state index contributed by atoms with van der Waals surface area (Å²) in [5.74, 6) is 1.03. The van der Waals surface area contributed by atoms with Crippen molar-refractivity contribution in [2.24, 2.45) is 0 Å². The first kappa shape index (κ1) is 10.5. The Morgan fingerprint density at radius 3 is 3.00 bits per heavy atom. The zero-order valence-electron chi connectivity index (χ0n) is 9.55. The van der Waals surface area contributed by atoms with Crippen molar-refractivity contribution in [3.05, 3.63) is 29.3 Å². The van der Waals surface area contributed by atoms with Crippen LogP contribution in [0, 0.1) is 13.8 Å². The summed E-state index contributed by atoms with van der Waals surface area (Å²) in [6.07, 6.45) is 2.52. The Morgan fingerprint density at radius 2 is 2.27 bits per heavy atom. The number of rotatable bonds is 3. The Bertz CT molecular complexity index is 329. The molecule has 2 nitrogen and oxygen atoms in total. The van der Waals surface area contributed by atoms with Gasteiger partial charge in [-0.3, -0.25) is 0 Å². The fraction of sp³-hybridized carbons (Fsp3) is 0.538. The molecular weight excluding hydrogens is 186 g/mol. The summed E-state index contributed by atoms with van der Waals surface area (Å²) in [5.41, 5.74) is 2.56. The van der Waals surface area contributed by atoms with Crippen LogP contribution in [-0.4, -0.2) is 19.2 Å². The second-order valence-corrected chi connectivity index (χ2v) is 4.30. The molecule has 15 heavy (non-hydrogen) atoms. The molecule has 0 saturated carbocycles. The zero-order chi connectivity index (χ0) is 10.7. The van der Waals surface area contributed by atoms with E-state index in [-0.39, 0.29) is 0 Å². The quantitative estimate of drug-likeness (QED) is 0.818. The van der Waals surface area contributed by atoms with Gasteiger partial charge in [-0.1, -0.05) is 12.1 Å². The van der Waals surface area contributed by atoms with Crippen LogP contribution in [0.5, 0.6) is 5.75 Å². The van der Waals surface area contributed by atoms with Crippen LogP contribution in [0.4, 0.5) is 0 Å². The summed E-state index contributed by atoms with van der Waals surface area (Å²) < 4.78 is 5.84. The lowest BCUT2D eigenvalue weighted by Gasteiger charge is -2.14. The minimum absolute atomic E-state index is 0.546. The lowest BCUT2D eigenvalue weighted by Crippen LogP contribution is -2.28. The number of nitrogens with one attached hydrogen (secondary N) is 1. The molecule has 1 atom stereocenters. The van der Waals surface area contributed by atoms with E-state index in [1.54, 1.807) is 0 Å². The molecule has 1 aromatic rings. The molecule has 0 aliphatic carbocycles. The first-order valence-corrected chi connectivity index (χ1v) is 5.70. The second kappa shape index (κ2) is 4.67. The molecule has 0 bridgehead atoms. The smallest absolute Gasteiger partial charge is 0.122 e. The lowest BCUT2D eigenvalue weighted by molar-refractivity contribution is 0.275. The molecule has 1 N–H and O–H groups in total. The summed E-state index contributed by atoms with van der Waals surface area (Å²) in [5, 5.41) is 3.44. The molecule has 0 aromatic heterocycles. The van der Waals surface area contributed by atoms with Crippen LogP contribution in [0.15, 0.2) is 18.2 Å². The molecule has 82 valence electrons. The minimum atomic E-state index is 0.546. The third-order valence-corrected chi connectivity index (χ3v) is 3.16. The number of hydrogen-bond acceptors (Lipinski definition) is 2. The Balaban J connectivity index is 1.95. The van der Waals surface area contributed by atoms with Crippen LogP contribution in [0.25, 0.3) is 0 Å². The van der Waals surface area contributed by atoms with Crippen LogP contribution >= 0.6 is 0 Å². The Morgan fingerprint density at radius 1 is 1.40 bits per heavy atom.